The first-order valence-corrected chi connectivity index (χ1v) is 6.65. The molecule has 0 spiro atoms. The SMILES string of the molecule is COc1cccc(F)c1-c1csc(=O)n1CCC(=O)O. The Morgan fingerprint density at radius 1 is 1.50 bits per heavy atom. The van der Waals surface area contributed by atoms with Crippen LogP contribution < -0.4 is 9.61 Å². The molecule has 0 amide bonds. The maximum Gasteiger partial charge on any atom is 0.307 e. The number of methoxy groups -OCH3 is 1. The topological polar surface area (TPSA) is 68.5 Å². The molecule has 0 aliphatic rings. The number of nitrogens with zero attached hydrogens (tertiary/aromatic N) is 1. The van der Waals surface area contributed by atoms with E-state index in [1.807, 2.05) is 0 Å². The van der Waals surface area contributed by atoms with Gasteiger partial charge in [0.15, 0.2) is 0 Å². The first kappa shape index (κ1) is 14.3. The first-order chi connectivity index (χ1) is 9.54. The van der Waals surface area contributed by atoms with E-state index >= 15 is 0 Å². The second-order valence-corrected chi connectivity index (χ2v) is 4.82. The van der Waals surface area contributed by atoms with Crippen LogP contribution in [0.4, 0.5) is 4.39 Å². The molecule has 2 aromatic rings. The Hall–Kier alpha value is -2.15. The van der Waals surface area contributed by atoms with Crippen LogP contribution in [0.1, 0.15) is 6.42 Å². The fourth-order valence-electron chi connectivity index (χ4n) is 1.87. The molecule has 1 N–H and O–H groups in total. The molecule has 1 aromatic heterocycles. The average Bonchev–Trinajstić information content (AvgIpc) is 2.77. The van der Waals surface area contributed by atoms with E-state index in [0.717, 1.165) is 11.3 Å². The quantitative estimate of drug-likeness (QED) is 0.918. The molecule has 0 fully saturated rings. The van der Waals surface area contributed by atoms with Crippen LogP contribution in [0.25, 0.3) is 11.3 Å². The molecule has 1 heterocycles. The number of carbonyl (C=O) groups is 1. The van der Waals surface area contributed by atoms with Crippen molar-refractivity contribution in [2.24, 2.45) is 0 Å². The fraction of sp³-hybridized carbons (Fsp3) is 0.231. The molecule has 0 radical (unpaired) electrons. The van der Waals surface area contributed by atoms with Gasteiger partial charge in [-0.05, 0) is 12.1 Å². The summed E-state index contributed by atoms with van der Waals surface area (Å²) in [6, 6.07) is 4.35. The van der Waals surface area contributed by atoms with Crippen molar-refractivity contribution in [2.45, 2.75) is 13.0 Å². The number of carboxylic acids is 1. The maximum absolute atomic E-state index is 14.0. The van der Waals surface area contributed by atoms with Crippen LogP contribution in [0.5, 0.6) is 5.75 Å². The second kappa shape index (κ2) is 5.87. The second-order valence-electron chi connectivity index (χ2n) is 4.00. The molecule has 20 heavy (non-hydrogen) atoms. The molecule has 0 aliphatic carbocycles. The van der Waals surface area contributed by atoms with E-state index in [1.54, 1.807) is 6.07 Å². The number of halogens is 1. The molecule has 0 saturated heterocycles. The van der Waals surface area contributed by atoms with Crippen molar-refractivity contribution in [3.8, 4) is 17.0 Å². The molecule has 0 unspecified atom stereocenters. The zero-order valence-electron chi connectivity index (χ0n) is 10.6. The highest BCUT2D eigenvalue weighted by molar-refractivity contribution is 7.07. The third-order valence-electron chi connectivity index (χ3n) is 2.78. The number of aliphatic carboxylic acids is 1. The first-order valence-electron chi connectivity index (χ1n) is 5.77. The van der Waals surface area contributed by atoms with Gasteiger partial charge in [-0.15, -0.1) is 0 Å². The summed E-state index contributed by atoms with van der Waals surface area (Å²) in [7, 11) is 1.41. The smallest absolute Gasteiger partial charge is 0.307 e. The summed E-state index contributed by atoms with van der Waals surface area (Å²) in [4.78, 5) is 22.1. The number of ether oxygens (including phenoxy) is 1. The van der Waals surface area contributed by atoms with E-state index in [9.17, 15) is 14.0 Å². The van der Waals surface area contributed by atoms with Gasteiger partial charge < -0.3 is 9.84 Å². The predicted molar refractivity (Wildman–Crippen MR) is 72.8 cm³/mol. The number of carboxylic acid groups (broad SMARTS) is 1. The van der Waals surface area contributed by atoms with Gasteiger partial charge in [0.1, 0.15) is 11.6 Å². The standard InChI is InChI=1S/C13H12FNO4S/c1-19-10-4-2-3-8(14)12(10)9-7-20-13(18)15(9)6-5-11(16)17/h2-4,7H,5-6H2,1H3,(H,16,17). The molecule has 0 aliphatic heterocycles. The molecule has 7 heteroatoms. The van der Waals surface area contributed by atoms with E-state index in [4.69, 9.17) is 9.84 Å². The molecule has 5 nitrogen and oxygen atoms in total. The number of rotatable bonds is 5. The highest BCUT2D eigenvalue weighted by Crippen LogP contribution is 2.32. The van der Waals surface area contributed by atoms with Gasteiger partial charge >= 0.3 is 10.8 Å². The lowest BCUT2D eigenvalue weighted by Gasteiger charge is -2.11. The van der Waals surface area contributed by atoms with Crippen molar-refractivity contribution < 1.29 is 19.0 Å². The average molecular weight is 297 g/mol. The number of hydrogen-bond donors (Lipinski definition) is 1. The molecule has 0 saturated carbocycles. The van der Waals surface area contributed by atoms with Crippen LogP contribution in [-0.2, 0) is 11.3 Å². The third kappa shape index (κ3) is 2.72. The van der Waals surface area contributed by atoms with Gasteiger partial charge in [0.05, 0.1) is 24.8 Å². The predicted octanol–water partition coefficient (Wildman–Crippen LogP) is 2.20. The summed E-state index contributed by atoms with van der Waals surface area (Å²) >= 11 is 0.898. The normalized spacial score (nSPS) is 10.5. The maximum atomic E-state index is 14.0. The van der Waals surface area contributed by atoms with Gasteiger partial charge in [0.25, 0.3) is 0 Å². The van der Waals surface area contributed by atoms with Crippen LogP contribution in [-0.4, -0.2) is 22.8 Å². The highest BCUT2D eigenvalue weighted by Gasteiger charge is 2.18. The molecular formula is C13H12FNO4S. The Bertz CT molecular complexity index is 692. The van der Waals surface area contributed by atoms with Crippen molar-refractivity contribution in [1.82, 2.24) is 4.57 Å². The van der Waals surface area contributed by atoms with E-state index in [-0.39, 0.29) is 23.4 Å². The Morgan fingerprint density at radius 2 is 2.25 bits per heavy atom. The van der Waals surface area contributed by atoms with Gasteiger partial charge in [0.2, 0.25) is 0 Å². The Morgan fingerprint density at radius 3 is 2.90 bits per heavy atom. The lowest BCUT2D eigenvalue weighted by Crippen LogP contribution is -2.17. The van der Waals surface area contributed by atoms with E-state index < -0.39 is 11.8 Å². The summed E-state index contributed by atoms with van der Waals surface area (Å²) < 4.78 is 20.4. The molecule has 0 bridgehead atoms. The molecule has 1 aromatic carbocycles. The number of benzene rings is 1. The van der Waals surface area contributed by atoms with Crippen LogP contribution >= 0.6 is 11.3 Å². The van der Waals surface area contributed by atoms with Crippen LogP contribution in [0.2, 0.25) is 0 Å². The monoisotopic (exact) mass is 297 g/mol. The van der Waals surface area contributed by atoms with Crippen molar-refractivity contribution in [2.75, 3.05) is 7.11 Å². The van der Waals surface area contributed by atoms with Gasteiger partial charge in [-0.1, -0.05) is 17.4 Å². The Kier molecular flexibility index (Phi) is 4.19. The summed E-state index contributed by atoms with van der Waals surface area (Å²) in [5.74, 6) is -1.24. The number of hydrogen-bond acceptors (Lipinski definition) is 4. The summed E-state index contributed by atoms with van der Waals surface area (Å²) in [6.07, 6.45) is -0.208. The van der Waals surface area contributed by atoms with Gasteiger partial charge in [0, 0.05) is 11.9 Å². The van der Waals surface area contributed by atoms with Gasteiger partial charge in [-0.25, -0.2) is 4.39 Å². The molecular weight excluding hydrogens is 285 g/mol. The van der Waals surface area contributed by atoms with E-state index in [0.29, 0.717) is 11.4 Å². The minimum atomic E-state index is -1.02. The van der Waals surface area contributed by atoms with E-state index in [2.05, 4.69) is 0 Å². The highest BCUT2D eigenvalue weighted by atomic mass is 32.1. The molecule has 0 atom stereocenters. The zero-order chi connectivity index (χ0) is 14.7. The Labute approximate surface area is 117 Å². The van der Waals surface area contributed by atoms with Crippen LogP contribution in [0.15, 0.2) is 28.4 Å². The summed E-state index contributed by atoms with van der Waals surface area (Å²) in [5.41, 5.74) is 0.495. The number of aromatic nitrogens is 1. The lowest BCUT2D eigenvalue weighted by atomic mass is 10.1. The zero-order valence-corrected chi connectivity index (χ0v) is 11.4. The molecule has 2 rings (SSSR count). The van der Waals surface area contributed by atoms with Crippen LogP contribution in [0, 0.1) is 5.82 Å². The van der Waals surface area contributed by atoms with Crippen molar-refractivity contribution >= 4 is 17.3 Å². The van der Waals surface area contributed by atoms with Crippen LogP contribution in [0.3, 0.4) is 0 Å². The van der Waals surface area contributed by atoms with E-state index in [1.165, 1.54) is 29.2 Å². The fourth-order valence-corrected chi connectivity index (χ4v) is 2.64. The largest absolute Gasteiger partial charge is 0.496 e. The minimum Gasteiger partial charge on any atom is -0.496 e. The van der Waals surface area contributed by atoms with Crippen molar-refractivity contribution in [3.63, 3.8) is 0 Å². The third-order valence-corrected chi connectivity index (χ3v) is 3.55. The van der Waals surface area contributed by atoms with Gasteiger partial charge in [-0.2, -0.15) is 0 Å². The summed E-state index contributed by atoms with van der Waals surface area (Å²) in [6.45, 7) is -0.00944. The molecule has 106 valence electrons. The lowest BCUT2D eigenvalue weighted by molar-refractivity contribution is -0.137. The Balaban J connectivity index is 2.54. The van der Waals surface area contributed by atoms with Gasteiger partial charge in [-0.3, -0.25) is 14.2 Å². The van der Waals surface area contributed by atoms with Crippen molar-refractivity contribution in [3.05, 3.63) is 39.1 Å². The number of thiazole rings is 1. The minimum absolute atomic E-state index is 0.00944. The summed E-state index contributed by atoms with van der Waals surface area (Å²) in [5, 5.41) is 10.2. The van der Waals surface area contributed by atoms with Crippen molar-refractivity contribution in [1.29, 1.82) is 0 Å².